The lowest BCUT2D eigenvalue weighted by molar-refractivity contribution is -0.206. The molecular weight excluding hydrogens is 246 g/mol. The van der Waals surface area contributed by atoms with E-state index < -0.39 is 5.41 Å². The molecule has 0 saturated carbocycles. The second kappa shape index (κ2) is 4.03. The van der Waals surface area contributed by atoms with E-state index in [1.807, 2.05) is 27.7 Å². The zero-order chi connectivity index (χ0) is 10.9. The maximum atomic E-state index is 11.5. The first-order chi connectivity index (χ1) is 6.30. The third-order valence-corrected chi connectivity index (χ3v) is 2.61. The van der Waals surface area contributed by atoms with Gasteiger partial charge < -0.3 is 4.84 Å². The van der Waals surface area contributed by atoms with Crippen LogP contribution in [0.4, 0.5) is 0 Å². The Bertz CT molecular complexity index is 266. The van der Waals surface area contributed by atoms with Crippen LogP contribution in [-0.4, -0.2) is 24.1 Å². The SMILES string of the molecule is CC(Br)=C1CN(OC(=O)C(C)(C)C)C1. The van der Waals surface area contributed by atoms with Gasteiger partial charge in [0.2, 0.25) is 0 Å². The summed E-state index contributed by atoms with van der Waals surface area (Å²) in [5, 5.41) is 1.67. The van der Waals surface area contributed by atoms with Crippen LogP contribution in [0, 0.1) is 5.41 Å². The van der Waals surface area contributed by atoms with E-state index in [4.69, 9.17) is 4.84 Å². The summed E-state index contributed by atoms with van der Waals surface area (Å²) >= 11 is 3.40. The molecule has 1 saturated heterocycles. The van der Waals surface area contributed by atoms with E-state index in [1.165, 1.54) is 5.57 Å². The Morgan fingerprint density at radius 2 is 1.93 bits per heavy atom. The summed E-state index contributed by atoms with van der Waals surface area (Å²) < 4.78 is 1.14. The monoisotopic (exact) mass is 261 g/mol. The number of allylic oxidation sites excluding steroid dienone is 1. The van der Waals surface area contributed by atoms with Gasteiger partial charge in [-0.2, -0.15) is 0 Å². The molecule has 0 amide bonds. The van der Waals surface area contributed by atoms with Crippen LogP contribution >= 0.6 is 15.9 Å². The number of carbonyl (C=O) groups is 1. The summed E-state index contributed by atoms with van der Waals surface area (Å²) in [4.78, 5) is 16.6. The van der Waals surface area contributed by atoms with E-state index >= 15 is 0 Å². The smallest absolute Gasteiger partial charge is 0.330 e. The lowest BCUT2D eigenvalue weighted by Gasteiger charge is -2.34. The van der Waals surface area contributed by atoms with Crippen molar-refractivity contribution in [3.05, 3.63) is 10.1 Å². The summed E-state index contributed by atoms with van der Waals surface area (Å²) in [7, 11) is 0. The predicted octanol–water partition coefficient (Wildman–Crippen LogP) is 2.48. The number of rotatable bonds is 1. The van der Waals surface area contributed by atoms with Gasteiger partial charge in [0.15, 0.2) is 0 Å². The van der Waals surface area contributed by atoms with Crippen LogP contribution in [0.25, 0.3) is 0 Å². The van der Waals surface area contributed by atoms with Crippen molar-refractivity contribution in [2.45, 2.75) is 27.7 Å². The molecule has 0 aromatic heterocycles. The molecule has 3 nitrogen and oxygen atoms in total. The second-order valence-corrected chi connectivity index (χ2v) is 5.75. The molecule has 0 radical (unpaired) electrons. The Morgan fingerprint density at radius 3 is 2.29 bits per heavy atom. The predicted molar refractivity (Wildman–Crippen MR) is 58.7 cm³/mol. The van der Waals surface area contributed by atoms with E-state index in [1.54, 1.807) is 5.06 Å². The second-order valence-electron chi connectivity index (χ2n) is 4.56. The van der Waals surface area contributed by atoms with E-state index in [-0.39, 0.29) is 5.97 Å². The van der Waals surface area contributed by atoms with Gasteiger partial charge in [0.1, 0.15) is 0 Å². The van der Waals surface area contributed by atoms with Gasteiger partial charge in [-0.1, -0.05) is 15.9 Å². The van der Waals surface area contributed by atoms with Crippen molar-refractivity contribution in [2.24, 2.45) is 5.41 Å². The highest BCUT2D eigenvalue weighted by atomic mass is 79.9. The molecule has 0 unspecified atom stereocenters. The molecule has 0 atom stereocenters. The first kappa shape index (κ1) is 11.7. The van der Waals surface area contributed by atoms with E-state index in [0.717, 1.165) is 17.6 Å². The normalized spacial score (nSPS) is 17.6. The quantitative estimate of drug-likeness (QED) is 0.727. The Kier molecular flexibility index (Phi) is 3.37. The van der Waals surface area contributed by atoms with Gasteiger partial charge in [-0.3, -0.25) is 0 Å². The van der Waals surface area contributed by atoms with Crippen molar-refractivity contribution in [3.63, 3.8) is 0 Å². The minimum absolute atomic E-state index is 0.177. The molecule has 0 aromatic carbocycles. The Balaban J connectivity index is 2.38. The van der Waals surface area contributed by atoms with E-state index in [0.29, 0.717) is 0 Å². The van der Waals surface area contributed by atoms with Crippen molar-refractivity contribution in [1.82, 2.24) is 5.06 Å². The number of hydrogen-bond donors (Lipinski definition) is 0. The Morgan fingerprint density at radius 1 is 1.43 bits per heavy atom. The molecule has 1 heterocycles. The van der Waals surface area contributed by atoms with Gasteiger partial charge in [-0.25, -0.2) is 4.79 Å². The van der Waals surface area contributed by atoms with Crippen molar-refractivity contribution >= 4 is 21.9 Å². The number of hydrogen-bond acceptors (Lipinski definition) is 3. The number of carbonyl (C=O) groups excluding carboxylic acids is 1. The summed E-state index contributed by atoms with van der Waals surface area (Å²) in [5.74, 6) is -0.177. The maximum Gasteiger partial charge on any atom is 0.330 e. The summed E-state index contributed by atoms with van der Waals surface area (Å²) in [6, 6.07) is 0. The molecule has 0 N–H and O–H groups in total. The van der Waals surface area contributed by atoms with Crippen LogP contribution in [-0.2, 0) is 9.63 Å². The Labute approximate surface area is 93.2 Å². The Hall–Kier alpha value is -0.350. The first-order valence-corrected chi connectivity index (χ1v) is 5.41. The van der Waals surface area contributed by atoms with Crippen molar-refractivity contribution in [1.29, 1.82) is 0 Å². The van der Waals surface area contributed by atoms with Gasteiger partial charge in [0.05, 0.1) is 18.5 Å². The average molecular weight is 262 g/mol. The standard InChI is InChI=1S/C10H16BrNO2/c1-7(11)8-5-12(6-8)14-9(13)10(2,3)4/h5-6H2,1-4H3. The van der Waals surface area contributed by atoms with Crippen LogP contribution in [0.1, 0.15) is 27.7 Å². The van der Waals surface area contributed by atoms with E-state index in [9.17, 15) is 4.79 Å². The van der Waals surface area contributed by atoms with Gasteiger partial charge >= 0.3 is 5.97 Å². The zero-order valence-corrected chi connectivity index (χ0v) is 10.6. The fraction of sp³-hybridized carbons (Fsp3) is 0.700. The first-order valence-electron chi connectivity index (χ1n) is 4.62. The fourth-order valence-corrected chi connectivity index (χ4v) is 1.17. The zero-order valence-electron chi connectivity index (χ0n) is 9.06. The molecule has 1 aliphatic rings. The van der Waals surface area contributed by atoms with Crippen LogP contribution < -0.4 is 0 Å². The van der Waals surface area contributed by atoms with Crippen molar-refractivity contribution < 1.29 is 9.63 Å². The molecule has 14 heavy (non-hydrogen) atoms. The van der Waals surface area contributed by atoms with Crippen LogP contribution in [0.3, 0.4) is 0 Å². The van der Waals surface area contributed by atoms with Gasteiger partial charge in [0.25, 0.3) is 0 Å². The van der Waals surface area contributed by atoms with Gasteiger partial charge in [-0.05, 0) is 37.8 Å². The molecule has 1 fully saturated rings. The highest BCUT2D eigenvalue weighted by molar-refractivity contribution is 9.11. The average Bonchev–Trinajstić information content (AvgIpc) is 1.92. The van der Waals surface area contributed by atoms with Crippen LogP contribution in [0.2, 0.25) is 0 Å². The third-order valence-electron chi connectivity index (χ3n) is 2.05. The largest absolute Gasteiger partial charge is 0.367 e. The summed E-state index contributed by atoms with van der Waals surface area (Å²) in [5.41, 5.74) is 0.856. The highest BCUT2D eigenvalue weighted by Gasteiger charge is 2.30. The molecule has 1 aliphatic heterocycles. The maximum absolute atomic E-state index is 11.5. The topological polar surface area (TPSA) is 29.5 Å². The number of hydroxylamine groups is 2. The number of nitrogens with zero attached hydrogens (tertiary/aromatic N) is 1. The minimum atomic E-state index is -0.428. The molecule has 80 valence electrons. The lowest BCUT2D eigenvalue weighted by Crippen LogP contribution is -2.44. The fourth-order valence-electron chi connectivity index (χ4n) is 0.916. The summed E-state index contributed by atoms with van der Waals surface area (Å²) in [6.07, 6.45) is 0. The highest BCUT2D eigenvalue weighted by Crippen LogP contribution is 2.24. The number of halogens is 1. The van der Waals surface area contributed by atoms with E-state index in [2.05, 4.69) is 15.9 Å². The van der Waals surface area contributed by atoms with Gasteiger partial charge in [0, 0.05) is 0 Å². The van der Waals surface area contributed by atoms with Crippen molar-refractivity contribution in [2.75, 3.05) is 13.1 Å². The minimum Gasteiger partial charge on any atom is -0.367 e. The van der Waals surface area contributed by atoms with Crippen molar-refractivity contribution in [3.8, 4) is 0 Å². The summed E-state index contributed by atoms with van der Waals surface area (Å²) in [6.45, 7) is 8.99. The molecule has 0 aromatic rings. The molecule has 0 aliphatic carbocycles. The van der Waals surface area contributed by atoms with Gasteiger partial charge in [-0.15, -0.1) is 5.06 Å². The molecule has 4 heteroatoms. The molecule has 1 rings (SSSR count). The molecule has 0 bridgehead atoms. The van der Waals surface area contributed by atoms with Crippen LogP contribution in [0.15, 0.2) is 10.1 Å². The van der Waals surface area contributed by atoms with Crippen LogP contribution in [0.5, 0.6) is 0 Å². The lowest BCUT2D eigenvalue weighted by atomic mass is 9.98. The molecule has 0 spiro atoms. The molecular formula is C10H16BrNO2. The third kappa shape index (κ3) is 2.82.